The lowest BCUT2D eigenvalue weighted by atomic mass is 10.0. The van der Waals surface area contributed by atoms with Crippen LogP contribution >= 0.6 is 0 Å². The summed E-state index contributed by atoms with van der Waals surface area (Å²) in [5, 5.41) is 15.7. The fourth-order valence-corrected chi connectivity index (χ4v) is 4.27. The van der Waals surface area contributed by atoms with Gasteiger partial charge in [0.25, 0.3) is 5.91 Å². The van der Waals surface area contributed by atoms with Gasteiger partial charge in [0, 0.05) is 38.4 Å². The Morgan fingerprint density at radius 2 is 2.10 bits per heavy atom. The molecule has 2 N–H and O–H groups in total. The maximum absolute atomic E-state index is 13.4. The van der Waals surface area contributed by atoms with Crippen LogP contribution < -0.4 is 10.6 Å². The lowest BCUT2D eigenvalue weighted by molar-refractivity contribution is -0.109. The molecule has 2 aromatic heterocycles. The summed E-state index contributed by atoms with van der Waals surface area (Å²) in [4.78, 5) is 36.4. The van der Waals surface area contributed by atoms with E-state index in [-0.39, 0.29) is 25.0 Å². The molecule has 3 heterocycles. The molecule has 200 valence electrons. The van der Waals surface area contributed by atoms with Gasteiger partial charge < -0.3 is 29.7 Å². The van der Waals surface area contributed by atoms with E-state index in [2.05, 4.69) is 21.5 Å². The first-order valence-corrected chi connectivity index (χ1v) is 12.3. The molecule has 11 nitrogen and oxygen atoms in total. The first-order valence-electron chi connectivity index (χ1n) is 12.3. The number of nitrogens with zero attached hydrogens (tertiary/aromatic N) is 4. The largest absolute Gasteiger partial charge is 0.449 e. The summed E-state index contributed by atoms with van der Waals surface area (Å²) < 4.78 is 16.3. The number of anilines is 2. The third-order valence-corrected chi connectivity index (χ3v) is 6.17. The molecule has 0 aliphatic carbocycles. The minimum Gasteiger partial charge on any atom is -0.449 e. The highest BCUT2D eigenvalue weighted by atomic mass is 16.7. The highest BCUT2D eigenvalue weighted by Crippen LogP contribution is 2.28. The lowest BCUT2D eigenvalue weighted by Gasteiger charge is -2.23. The summed E-state index contributed by atoms with van der Waals surface area (Å²) in [7, 11) is 2.98. The fourth-order valence-electron chi connectivity index (χ4n) is 4.27. The number of carbonyl (C=O) groups is 2. The number of cyclic esters (lactones) is 1. The van der Waals surface area contributed by atoms with E-state index in [4.69, 9.17) is 25.6 Å². The Bertz CT molecular complexity index is 1460. The number of ether oxygens (including phenoxy) is 3. The predicted molar refractivity (Wildman–Crippen MR) is 144 cm³/mol. The van der Waals surface area contributed by atoms with Crippen LogP contribution in [0.4, 0.5) is 16.3 Å². The van der Waals surface area contributed by atoms with Crippen molar-refractivity contribution in [2.75, 3.05) is 44.5 Å². The number of nitriles is 1. The first-order chi connectivity index (χ1) is 19.0. The summed E-state index contributed by atoms with van der Waals surface area (Å²) in [6.45, 7) is 1.41. The van der Waals surface area contributed by atoms with E-state index < -0.39 is 12.2 Å². The molecule has 1 aromatic carbocycles. The van der Waals surface area contributed by atoms with Crippen LogP contribution in [0.15, 0.2) is 36.5 Å². The van der Waals surface area contributed by atoms with Crippen molar-refractivity contribution in [1.82, 2.24) is 14.9 Å². The SMILES string of the molecule is C#CCNc1cc(NC(=O)c2cccc3cc(CN4CCCCOC4=O)c(C(OC)OC)nc23)ncc1C#N. The molecule has 2 amide bonds. The Labute approximate surface area is 226 Å². The van der Waals surface area contributed by atoms with Gasteiger partial charge in [0.2, 0.25) is 6.29 Å². The van der Waals surface area contributed by atoms with Crippen LogP contribution in [0, 0.1) is 23.7 Å². The van der Waals surface area contributed by atoms with Crippen LogP contribution in [0.2, 0.25) is 0 Å². The second-order valence-corrected chi connectivity index (χ2v) is 8.70. The van der Waals surface area contributed by atoms with E-state index in [0.717, 1.165) is 12.8 Å². The highest BCUT2D eigenvalue weighted by Gasteiger charge is 2.25. The normalized spacial score (nSPS) is 13.4. The molecule has 39 heavy (non-hydrogen) atoms. The second kappa shape index (κ2) is 12.7. The van der Waals surface area contributed by atoms with Gasteiger partial charge in [-0.25, -0.2) is 14.8 Å². The van der Waals surface area contributed by atoms with Crippen molar-refractivity contribution in [1.29, 1.82) is 5.26 Å². The van der Waals surface area contributed by atoms with Gasteiger partial charge in [-0.05, 0) is 30.5 Å². The Balaban J connectivity index is 1.71. The standard InChI is InChI=1S/C28H28N6O5/c1-4-10-30-22-14-23(31-16-20(22)15-29)32-26(35)21-9-7-8-18-13-19(17-34-11-5-6-12-39-28(34)36)25(33-24(18)21)27(37-2)38-3/h1,7-9,13-14,16,27H,5-6,10-12,17H2,2-3H3,(H2,30,31,32,35). The highest BCUT2D eigenvalue weighted by molar-refractivity contribution is 6.11. The van der Waals surface area contributed by atoms with Crippen molar-refractivity contribution in [3.63, 3.8) is 0 Å². The summed E-state index contributed by atoms with van der Waals surface area (Å²) in [5.74, 6) is 2.23. The van der Waals surface area contributed by atoms with Gasteiger partial charge in [0.1, 0.15) is 17.6 Å². The summed E-state index contributed by atoms with van der Waals surface area (Å²) >= 11 is 0. The third kappa shape index (κ3) is 6.24. The zero-order valence-corrected chi connectivity index (χ0v) is 21.7. The molecule has 4 rings (SSSR count). The summed E-state index contributed by atoms with van der Waals surface area (Å²) in [5.41, 5.74) is 2.63. The number of nitrogens with one attached hydrogen (secondary N) is 2. The van der Waals surface area contributed by atoms with Crippen molar-refractivity contribution >= 4 is 34.4 Å². The zero-order valence-electron chi connectivity index (χ0n) is 21.7. The minimum absolute atomic E-state index is 0.208. The smallest absolute Gasteiger partial charge is 0.410 e. The van der Waals surface area contributed by atoms with Crippen molar-refractivity contribution in [3.8, 4) is 18.4 Å². The Morgan fingerprint density at radius 1 is 1.28 bits per heavy atom. The van der Waals surface area contributed by atoms with E-state index in [0.29, 0.717) is 52.1 Å². The Morgan fingerprint density at radius 3 is 2.85 bits per heavy atom. The number of methoxy groups -OCH3 is 2. The number of hydrogen-bond acceptors (Lipinski definition) is 9. The fraction of sp³-hybridized carbons (Fsp3) is 0.321. The molecule has 1 fully saturated rings. The number of terminal acetylenes is 1. The number of aromatic nitrogens is 2. The molecule has 11 heteroatoms. The van der Waals surface area contributed by atoms with Crippen LogP contribution in [-0.4, -0.2) is 60.8 Å². The van der Waals surface area contributed by atoms with Crippen molar-refractivity contribution in [2.24, 2.45) is 0 Å². The Hall–Kier alpha value is -4.71. The third-order valence-electron chi connectivity index (χ3n) is 6.17. The number of amides is 2. The lowest BCUT2D eigenvalue weighted by Crippen LogP contribution is -2.31. The molecular weight excluding hydrogens is 500 g/mol. The maximum Gasteiger partial charge on any atom is 0.410 e. The molecule has 0 saturated carbocycles. The van der Waals surface area contributed by atoms with Crippen LogP contribution in [0.3, 0.4) is 0 Å². The quantitative estimate of drug-likeness (QED) is 0.313. The molecule has 1 saturated heterocycles. The summed E-state index contributed by atoms with van der Waals surface area (Å²) in [6.07, 6.45) is 7.09. The van der Waals surface area contributed by atoms with Gasteiger partial charge in [-0.2, -0.15) is 5.26 Å². The van der Waals surface area contributed by atoms with E-state index in [1.807, 2.05) is 18.2 Å². The second-order valence-electron chi connectivity index (χ2n) is 8.70. The topological polar surface area (TPSA) is 139 Å². The number of para-hydroxylation sites is 1. The van der Waals surface area contributed by atoms with Crippen molar-refractivity contribution < 1.29 is 23.8 Å². The molecular formula is C28H28N6O5. The average Bonchev–Trinajstić information content (AvgIpc) is 3.16. The monoisotopic (exact) mass is 528 g/mol. The minimum atomic E-state index is -0.825. The van der Waals surface area contributed by atoms with Crippen LogP contribution in [-0.2, 0) is 20.8 Å². The van der Waals surface area contributed by atoms with Gasteiger partial charge >= 0.3 is 6.09 Å². The predicted octanol–water partition coefficient (Wildman–Crippen LogP) is 3.82. The number of carbonyl (C=O) groups excluding carboxylic acids is 2. The Kier molecular flexibility index (Phi) is 8.90. The van der Waals surface area contributed by atoms with E-state index >= 15 is 0 Å². The molecule has 0 radical (unpaired) electrons. The van der Waals surface area contributed by atoms with Gasteiger partial charge in [-0.1, -0.05) is 18.1 Å². The number of hydrogen-bond donors (Lipinski definition) is 2. The van der Waals surface area contributed by atoms with Crippen molar-refractivity contribution in [3.05, 3.63) is 58.9 Å². The number of benzene rings is 1. The van der Waals surface area contributed by atoms with E-state index in [9.17, 15) is 14.9 Å². The van der Waals surface area contributed by atoms with Crippen molar-refractivity contribution in [2.45, 2.75) is 25.7 Å². The molecule has 0 atom stereocenters. The number of pyridine rings is 2. The zero-order chi connectivity index (χ0) is 27.8. The molecule has 1 aliphatic rings. The maximum atomic E-state index is 13.4. The number of fused-ring (bicyclic) bond motifs is 1. The van der Waals surface area contributed by atoms with Crippen LogP contribution in [0.25, 0.3) is 10.9 Å². The van der Waals surface area contributed by atoms with E-state index in [1.54, 1.807) is 23.1 Å². The molecule has 0 bridgehead atoms. The molecule has 0 unspecified atom stereocenters. The van der Waals surface area contributed by atoms with Gasteiger partial charge in [-0.3, -0.25) is 4.79 Å². The summed E-state index contributed by atoms with van der Waals surface area (Å²) in [6, 6.07) is 10.7. The molecule has 3 aromatic rings. The average molecular weight is 529 g/mol. The number of rotatable bonds is 9. The van der Waals surface area contributed by atoms with Gasteiger partial charge in [0.05, 0.1) is 42.0 Å². The van der Waals surface area contributed by atoms with Gasteiger partial charge in [-0.15, -0.1) is 6.42 Å². The van der Waals surface area contributed by atoms with Gasteiger partial charge in [0.15, 0.2) is 0 Å². The van der Waals surface area contributed by atoms with E-state index in [1.165, 1.54) is 20.4 Å². The molecule has 0 spiro atoms. The van der Waals surface area contributed by atoms with Crippen LogP contribution in [0.5, 0.6) is 0 Å². The molecule has 1 aliphatic heterocycles. The van der Waals surface area contributed by atoms with Crippen LogP contribution in [0.1, 0.15) is 46.3 Å². The first kappa shape index (κ1) is 27.3.